The number of aliphatic imine (C=N–C) groups is 2. The average molecular weight is 378 g/mol. The van der Waals surface area contributed by atoms with Gasteiger partial charge in [-0.1, -0.05) is 18.5 Å². The first kappa shape index (κ1) is 16.6. The standard InChI is InChI=1S/C17H20ClN5OS/c1-2-12-10-23-11-19-15(9-16(23)20-12)21-5-7-22(8-6-21)17(24)13-3-4-14(18)25-13/h3-4,9,11-12H,2,5-8,10H2,1H3. The minimum absolute atomic E-state index is 0.0646. The zero-order valence-electron chi connectivity index (χ0n) is 14.1. The van der Waals surface area contributed by atoms with Crippen molar-refractivity contribution in [3.8, 4) is 0 Å². The normalized spacial score (nSPS) is 22.8. The van der Waals surface area contributed by atoms with E-state index in [1.165, 1.54) is 11.3 Å². The van der Waals surface area contributed by atoms with Crippen molar-refractivity contribution in [3.63, 3.8) is 0 Å². The van der Waals surface area contributed by atoms with Gasteiger partial charge in [-0.3, -0.25) is 9.79 Å². The van der Waals surface area contributed by atoms with E-state index in [0.29, 0.717) is 28.3 Å². The van der Waals surface area contributed by atoms with Gasteiger partial charge in [0.25, 0.3) is 5.91 Å². The minimum atomic E-state index is 0.0646. The van der Waals surface area contributed by atoms with Crippen molar-refractivity contribution < 1.29 is 4.79 Å². The molecule has 0 radical (unpaired) electrons. The van der Waals surface area contributed by atoms with Gasteiger partial charge in [0, 0.05) is 38.8 Å². The molecule has 0 saturated carbocycles. The third kappa shape index (κ3) is 3.30. The van der Waals surface area contributed by atoms with Gasteiger partial charge in [0.05, 0.1) is 21.6 Å². The van der Waals surface area contributed by atoms with Gasteiger partial charge in [-0.25, -0.2) is 4.99 Å². The second kappa shape index (κ2) is 6.80. The Hall–Kier alpha value is -1.86. The number of thiophene rings is 1. The summed E-state index contributed by atoms with van der Waals surface area (Å²) in [6.45, 7) is 6.01. The Kier molecular flexibility index (Phi) is 4.52. The molecule has 1 aromatic rings. The number of piperazine rings is 1. The molecule has 0 spiro atoms. The van der Waals surface area contributed by atoms with E-state index in [0.717, 1.165) is 37.7 Å². The van der Waals surface area contributed by atoms with Gasteiger partial charge in [-0.2, -0.15) is 0 Å². The van der Waals surface area contributed by atoms with Gasteiger partial charge < -0.3 is 14.7 Å². The number of amidine groups is 1. The van der Waals surface area contributed by atoms with Crippen LogP contribution in [0.2, 0.25) is 4.34 Å². The molecule has 1 unspecified atom stereocenters. The molecule has 3 aliphatic heterocycles. The molecule has 8 heteroatoms. The zero-order valence-corrected chi connectivity index (χ0v) is 15.6. The summed E-state index contributed by atoms with van der Waals surface area (Å²) in [5, 5.41) is 0. The van der Waals surface area contributed by atoms with Crippen LogP contribution in [-0.2, 0) is 0 Å². The highest BCUT2D eigenvalue weighted by molar-refractivity contribution is 7.17. The summed E-state index contributed by atoms with van der Waals surface area (Å²) in [4.78, 5) is 28.7. The molecule has 1 saturated heterocycles. The van der Waals surface area contributed by atoms with Crippen molar-refractivity contribution in [2.45, 2.75) is 19.4 Å². The molecule has 3 aliphatic rings. The maximum Gasteiger partial charge on any atom is 0.264 e. The second-order valence-corrected chi connectivity index (χ2v) is 8.05. The number of carbonyl (C=O) groups excluding carboxylic acids is 1. The first-order valence-electron chi connectivity index (χ1n) is 8.54. The smallest absolute Gasteiger partial charge is 0.264 e. The number of hydrogen-bond donors (Lipinski definition) is 0. The number of halogens is 1. The number of amides is 1. The Labute approximate surface area is 156 Å². The van der Waals surface area contributed by atoms with E-state index in [1.807, 2.05) is 11.2 Å². The lowest BCUT2D eigenvalue weighted by Gasteiger charge is -2.36. The molecule has 132 valence electrons. The molecule has 6 nitrogen and oxygen atoms in total. The average Bonchev–Trinajstić information content (AvgIpc) is 3.26. The molecule has 4 heterocycles. The van der Waals surface area contributed by atoms with Crippen LogP contribution < -0.4 is 0 Å². The van der Waals surface area contributed by atoms with Crippen LogP contribution in [-0.4, -0.2) is 71.5 Å². The lowest BCUT2D eigenvalue weighted by molar-refractivity contribution is 0.0673. The van der Waals surface area contributed by atoms with E-state index >= 15 is 0 Å². The number of carbonyl (C=O) groups is 1. The van der Waals surface area contributed by atoms with Crippen molar-refractivity contribution in [2.75, 3.05) is 32.7 Å². The highest BCUT2D eigenvalue weighted by Gasteiger charge is 2.28. The lowest BCUT2D eigenvalue weighted by atomic mass is 10.2. The fourth-order valence-electron chi connectivity index (χ4n) is 3.25. The van der Waals surface area contributed by atoms with E-state index in [1.54, 1.807) is 12.1 Å². The Morgan fingerprint density at radius 3 is 2.80 bits per heavy atom. The van der Waals surface area contributed by atoms with E-state index in [4.69, 9.17) is 16.6 Å². The van der Waals surface area contributed by atoms with Crippen molar-refractivity contribution in [3.05, 3.63) is 33.2 Å². The summed E-state index contributed by atoms with van der Waals surface area (Å²) in [6, 6.07) is 3.94. The van der Waals surface area contributed by atoms with Crippen molar-refractivity contribution >= 4 is 41.0 Å². The topological polar surface area (TPSA) is 51.5 Å². The number of rotatable bonds is 3. The van der Waals surface area contributed by atoms with Crippen LogP contribution >= 0.6 is 22.9 Å². The molecular weight excluding hydrogens is 358 g/mol. The van der Waals surface area contributed by atoms with Gasteiger partial charge in [-0.05, 0) is 18.6 Å². The molecule has 0 N–H and O–H groups in total. The highest BCUT2D eigenvalue weighted by atomic mass is 35.5. The zero-order chi connectivity index (χ0) is 17.4. The van der Waals surface area contributed by atoms with E-state index < -0.39 is 0 Å². The fraction of sp³-hybridized carbons (Fsp3) is 0.471. The van der Waals surface area contributed by atoms with Gasteiger partial charge in [-0.15, -0.1) is 11.3 Å². The molecule has 4 rings (SSSR count). The van der Waals surface area contributed by atoms with Crippen LogP contribution in [0.3, 0.4) is 0 Å². The molecule has 0 bridgehead atoms. The number of fused-ring (bicyclic) bond motifs is 1. The predicted octanol–water partition coefficient (Wildman–Crippen LogP) is 2.54. The van der Waals surface area contributed by atoms with Crippen molar-refractivity contribution in [2.24, 2.45) is 9.98 Å². The third-order valence-electron chi connectivity index (χ3n) is 4.75. The maximum absolute atomic E-state index is 12.5. The summed E-state index contributed by atoms with van der Waals surface area (Å²) >= 11 is 7.27. The maximum atomic E-state index is 12.5. The van der Waals surface area contributed by atoms with Crippen LogP contribution in [0.4, 0.5) is 0 Å². The number of hydrogen-bond acceptors (Lipinski definition) is 6. The monoisotopic (exact) mass is 377 g/mol. The lowest BCUT2D eigenvalue weighted by Crippen LogP contribution is -2.48. The molecular formula is C17H20ClN5OS. The van der Waals surface area contributed by atoms with E-state index in [2.05, 4.69) is 27.8 Å². The van der Waals surface area contributed by atoms with Crippen LogP contribution in [0.5, 0.6) is 0 Å². The van der Waals surface area contributed by atoms with Crippen LogP contribution in [0.25, 0.3) is 0 Å². The van der Waals surface area contributed by atoms with Gasteiger partial charge in [0.15, 0.2) is 0 Å². The Morgan fingerprint density at radius 2 is 2.12 bits per heavy atom. The molecule has 0 aromatic carbocycles. The summed E-state index contributed by atoms with van der Waals surface area (Å²) in [7, 11) is 0. The first-order valence-corrected chi connectivity index (χ1v) is 9.73. The molecule has 1 aromatic heterocycles. The molecule has 1 atom stereocenters. The van der Waals surface area contributed by atoms with Gasteiger partial charge >= 0.3 is 0 Å². The summed E-state index contributed by atoms with van der Waals surface area (Å²) in [5.41, 5.74) is 0. The van der Waals surface area contributed by atoms with Crippen molar-refractivity contribution in [1.29, 1.82) is 0 Å². The highest BCUT2D eigenvalue weighted by Crippen LogP contribution is 2.24. The third-order valence-corrected chi connectivity index (χ3v) is 5.97. The number of nitrogens with zero attached hydrogens (tertiary/aromatic N) is 5. The predicted molar refractivity (Wildman–Crippen MR) is 102 cm³/mol. The van der Waals surface area contributed by atoms with Crippen LogP contribution in [0.15, 0.2) is 34.0 Å². The Morgan fingerprint density at radius 1 is 1.32 bits per heavy atom. The Balaban J connectivity index is 1.39. The van der Waals surface area contributed by atoms with Gasteiger partial charge in [0.2, 0.25) is 0 Å². The molecule has 1 amide bonds. The van der Waals surface area contributed by atoms with E-state index in [-0.39, 0.29) is 5.91 Å². The largest absolute Gasteiger partial charge is 0.353 e. The molecule has 25 heavy (non-hydrogen) atoms. The van der Waals surface area contributed by atoms with Crippen LogP contribution in [0.1, 0.15) is 23.0 Å². The molecule has 1 fully saturated rings. The van der Waals surface area contributed by atoms with Crippen molar-refractivity contribution in [1.82, 2.24) is 14.7 Å². The Bertz CT molecular complexity index is 763. The quantitative estimate of drug-likeness (QED) is 0.813. The SMILES string of the molecule is CCC1CN2C=NC(N3CCN(C(=O)c4ccc(Cl)s4)CC3)=CC2=N1. The summed E-state index contributed by atoms with van der Waals surface area (Å²) in [5.74, 6) is 2.01. The van der Waals surface area contributed by atoms with E-state index in [9.17, 15) is 4.79 Å². The van der Waals surface area contributed by atoms with Gasteiger partial charge in [0.1, 0.15) is 11.7 Å². The fourth-order valence-corrected chi connectivity index (χ4v) is 4.26. The summed E-state index contributed by atoms with van der Waals surface area (Å²) in [6.07, 6.45) is 4.99. The second-order valence-electron chi connectivity index (χ2n) is 6.33. The first-order chi connectivity index (χ1) is 12.1. The van der Waals surface area contributed by atoms with Crippen LogP contribution in [0, 0.1) is 0 Å². The molecule has 0 aliphatic carbocycles. The summed E-state index contributed by atoms with van der Waals surface area (Å²) < 4.78 is 0.649. The minimum Gasteiger partial charge on any atom is -0.353 e.